The molecule has 3 nitrogen and oxygen atoms in total. The zero-order chi connectivity index (χ0) is 32.9. The summed E-state index contributed by atoms with van der Waals surface area (Å²) in [5, 5.41) is 2.59. The number of aromatic nitrogens is 3. The largest absolute Gasteiger partial charge is 0.309 e. The van der Waals surface area contributed by atoms with Crippen molar-refractivity contribution in [2.45, 2.75) is 40.5 Å². The molecule has 48 heavy (non-hydrogen) atoms. The van der Waals surface area contributed by atoms with E-state index in [4.69, 9.17) is 4.98 Å². The van der Waals surface area contributed by atoms with Crippen molar-refractivity contribution in [1.29, 1.82) is 0 Å². The van der Waals surface area contributed by atoms with Gasteiger partial charge in [-0.2, -0.15) is 0 Å². The summed E-state index contributed by atoms with van der Waals surface area (Å²) in [6, 6.07) is 46.5. The molecule has 0 aliphatic carbocycles. The summed E-state index contributed by atoms with van der Waals surface area (Å²) in [6.45, 7) is 11.1. The molecule has 2 heterocycles. The molecular formula is C45H39N3. The third-order valence-corrected chi connectivity index (χ3v) is 9.61. The summed E-state index contributed by atoms with van der Waals surface area (Å²) < 4.78 is 4.72. The highest BCUT2D eigenvalue weighted by Crippen LogP contribution is 2.40. The van der Waals surface area contributed by atoms with E-state index in [9.17, 15) is 0 Å². The Morgan fingerprint density at radius 2 is 1.19 bits per heavy atom. The summed E-state index contributed by atoms with van der Waals surface area (Å²) >= 11 is 0. The molecule has 234 valence electrons. The average molecular weight is 622 g/mol. The SMILES string of the molecule is Cc1ccc2c(c1)c1cc(C)ccc1n2-c1ccc(-c2nccn2-c2c(-c3ccccc3)cc(-c3ccccc3)cc2C(C)C)cc1C. The summed E-state index contributed by atoms with van der Waals surface area (Å²) in [6.07, 6.45) is 4.05. The molecule has 0 fully saturated rings. The van der Waals surface area contributed by atoms with Crippen molar-refractivity contribution in [3.05, 3.63) is 162 Å². The molecule has 0 saturated carbocycles. The summed E-state index contributed by atoms with van der Waals surface area (Å²) in [7, 11) is 0. The second-order valence-corrected chi connectivity index (χ2v) is 13.3. The lowest BCUT2D eigenvalue weighted by Gasteiger charge is -2.22. The molecule has 2 aromatic heterocycles. The highest BCUT2D eigenvalue weighted by atomic mass is 15.1. The lowest BCUT2D eigenvalue weighted by Crippen LogP contribution is -2.06. The van der Waals surface area contributed by atoms with Gasteiger partial charge in [-0.25, -0.2) is 4.98 Å². The van der Waals surface area contributed by atoms with Gasteiger partial charge in [0.25, 0.3) is 0 Å². The topological polar surface area (TPSA) is 22.8 Å². The van der Waals surface area contributed by atoms with Crippen LogP contribution in [0.3, 0.4) is 0 Å². The van der Waals surface area contributed by atoms with Crippen LogP contribution in [0.15, 0.2) is 140 Å². The Labute approximate surface area is 282 Å². The molecule has 0 bridgehead atoms. The van der Waals surface area contributed by atoms with Crippen LogP contribution in [0.2, 0.25) is 0 Å². The highest BCUT2D eigenvalue weighted by Gasteiger charge is 2.21. The number of imidazole rings is 1. The van der Waals surface area contributed by atoms with Crippen molar-refractivity contribution in [3.8, 4) is 45.0 Å². The lowest BCUT2D eigenvalue weighted by atomic mass is 9.89. The Morgan fingerprint density at radius 3 is 1.79 bits per heavy atom. The molecule has 0 saturated heterocycles. The Balaban J connectivity index is 1.31. The zero-order valence-electron chi connectivity index (χ0n) is 28.2. The molecule has 0 spiro atoms. The quantitative estimate of drug-likeness (QED) is 0.181. The predicted octanol–water partition coefficient (Wildman–Crippen LogP) is 12.0. The van der Waals surface area contributed by atoms with Crippen LogP contribution in [0.5, 0.6) is 0 Å². The molecule has 3 heteroatoms. The monoisotopic (exact) mass is 621 g/mol. The van der Waals surface area contributed by atoms with E-state index in [1.54, 1.807) is 0 Å². The number of benzene rings is 6. The molecule has 6 aromatic carbocycles. The minimum atomic E-state index is 0.299. The highest BCUT2D eigenvalue weighted by molar-refractivity contribution is 6.09. The Hall–Kier alpha value is -5.67. The molecule has 0 aliphatic rings. The van der Waals surface area contributed by atoms with Gasteiger partial charge in [0, 0.05) is 40.0 Å². The summed E-state index contributed by atoms with van der Waals surface area (Å²) in [4.78, 5) is 4.99. The van der Waals surface area contributed by atoms with E-state index < -0.39 is 0 Å². The zero-order valence-corrected chi connectivity index (χ0v) is 28.2. The molecule has 8 rings (SSSR count). The molecule has 0 N–H and O–H groups in total. The molecule has 0 amide bonds. The van der Waals surface area contributed by atoms with E-state index in [0.29, 0.717) is 5.92 Å². The molecule has 0 atom stereocenters. The molecular weight excluding hydrogens is 583 g/mol. The van der Waals surface area contributed by atoms with Crippen molar-refractivity contribution in [1.82, 2.24) is 14.1 Å². The van der Waals surface area contributed by atoms with Gasteiger partial charge in [-0.1, -0.05) is 97.8 Å². The van der Waals surface area contributed by atoms with E-state index >= 15 is 0 Å². The first-order valence-electron chi connectivity index (χ1n) is 16.8. The van der Waals surface area contributed by atoms with Crippen molar-refractivity contribution in [2.75, 3.05) is 0 Å². The van der Waals surface area contributed by atoms with Crippen molar-refractivity contribution in [3.63, 3.8) is 0 Å². The van der Waals surface area contributed by atoms with Crippen LogP contribution >= 0.6 is 0 Å². The normalized spacial score (nSPS) is 11.6. The summed E-state index contributed by atoms with van der Waals surface area (Å²) in [5.74, 6) is 1.23. The fourth-order valence-electron chi connectivity index (χ4n) is 7.25. The third-order valence-electron chi connectivity index (χ3n) is 9.61. The van der Waals surface area contributed by atoms with Crippen LogP contribution in [0.1, 0.15) is 42.0 Å². The number of nitrogens with zero attached hydrogens (tertiary/aromatic N) is 3. The molecule has 8 aromatic rings. The van der Waals surface area contributed by atoms with E-state index in [-0.39, 0.29) is 0 Å². The number of aryl methyl sites for hydroxylation is 3. The number of hydrogen-bond donors (Lipinski definition) is 0. The summed E-state index contributed by atoms with van der Waals surface area (Å²) in [5.41, 5.74) is 15.8. The van der Waals surface area contributed by atoms with E-state index in [2.05, 4.69) is 177 Å². The van der Waals surface area contributed by atoms with Gasteiger partial charge < -0.3 is 4.57 Å². The van der Waals surface area contributed by atoms with Crippen molar-refractivity contribution >= 4 is 21.8 Å². The minimum absolute atomic E-state index is 0.299. The average Bonchev–Trinajstić information content (AvgIpc) is 3.71. The molecule has 0 aliphatic heterocycles. The van der Waals surface area contributed by atoms with Gasteiger partial charge in [0.1, 0.15) is 5.82 Å². The first kappa shape index (κ1) is 29.7. The van der Waals surface area contributed by atoms with Crippen molar-refractivity contribution in [2.24, 2.45) is 0 Å². The van der Waals surface area contributed by atoms with Crippen LogP contribution in [0, 0.1) is 20.8 Å². The van der Waals surface area contributed by atoms with Crippen LogP contribution in [0.4, 0.5) is 0 Å². The maximum Gasteiger partial charge on any atom is 0.144 e. The van der Waals surface area contributed by atoms with E-state index in [0.717, 1.165) is 11.4 Å². The molecule has 0 radical (unpaired) electrons. The van der Waals surface area contributed by atoms with Gasteiger partial charge in [0.2, 0.25) is 0 Å². The number of rotatable bonds is 6. The fourth-order valence-corrected chi connectivity index (χ4v) is 7.25. The maximum absolute atomic E-state index is 4.99. The Bertz CT molecular complexity index is 2380. The van der Waals surface area contributed by atoms with Crippen LogP contribution in [-0.4, -0.2) is 14.1 Å². The first-order chi connectivity index (χ1) is 23.4. The third kappa shape index (κ3) is 5.03. The van der Waals surface area contributed by atoms with Gasteiger partial charge in [0.15, 0.2) is 0 Å². The Kier molecular flexibility index (Phi) is 7.33. The van der Waals surface area contributed by atoms with Gasteiger partial charge >= 0.3 is 0 Å². The van der Waals surface area contributed by atoms with E-state index in [1.807, 2.05) is 6.20 Å². The number of hydrogen-bond acceptors (Lipinski definition) is 1. The van der Waals surface area contributed by atoms with Crippen molar-refractivity contribution < 1.29 is 0 Å². The van der Waals surface area contributed by atoms with Crippen LogP contribution in [-0.2, 0) is 0 Å². The second kappa shape index (κ2) is 11.8. The fraction of sp³-hybridized carbons (Fsp3) is 0.133. The first-order valence-corrected chi connectivity index (χ1v) is 16.8. The van der Waals surface area contributed by atoms with Crippen LogP contribution in [0.25, 0.3) is 66.8 Å². The molecule has 0 unspecified atom stereocenters. The number of fused-ring (bicyclic) bond motifs is 3. The Morgan fingerprint density at radius 1 is 0.562 bits per heavy atom. The van der Waals surface area contributed by atoms with Gasteiger partial charge in [0.05, 0.1) is 16.7 Å². The van der Waals surface area contributed by atoms with Gasteiger partial charge in [-0.05, 0) is 109 Å². The minimum Gasteiger partial charge on any atom is -0.309 e. The van der Waals surface area contributed by atoms with Crippen LogP contribution < -0.4 is 0 Å². The van der Waals surface area contributed by atoms with Gasteiger partial charge in [-0.15, -0.1) is 0 Å². The lowest BCUT2D eigenvalue weighted by molar-refractivity contribution is 0.848. The van der Waals surface area contributed by atoms with Gasteiger partial charge in [-0.3, -0.25) is 4.57 Å². The van der Waals surface area contributed by atoms with E-state index in [1.165, 1.54) is 77.7 Å². The predicted molar refractivity (Wildman–Crippen MR) is 203 cm³/mol. The standard InChI is InChI=1S/C45H39N3/c1-29(2)37-27-36(33-12-8-6-9-13-33)28-38(34-14-10-7-11-15-34)44(37)47-23-22-46-45(47)35-18-21-41(32(5)26-35)48-42-19-16-30(3)24-39(42)40-25-31(4)17-20-43(40)48/h6-29H,1-5H3. The second-order valence-electron chi connectivity index (χ2n) is 13.3. The smallest absolute Gasteiger partial charge is 0.144 e. The maximum atomic E-state index is 4.99.